The van der Waals surface area contributed by atoms with Crippen molar-refractivity contribution in [3.8, 4) is 0 Å². The Labute approximate surface area is 156 Å². The summed E-state index contributed by atoms with van der Waals surface area (Å²) in [5.74, 6) is -0.275. The molecule has 3 nitrogen and oxygen atoms in total. The van der Waals surface area contributed by atoms with Gasteiger partial charge in [0.1, 0.15) is 6.10 Å². The Morgan fingerprint density at radius 1 is 0.962 bits per heavy atom. The molecule has 0 N–H and O–H groups in total. The van der Waals surface area contributed by atoms with Crippen LogP contribution in [0.5, 0.6) is 0 Å². The van der Waals surface area contributed by atoms with Gasteiger partial charge in [-0.25, -0.2) is 4.79 Å². The molecule has 1 fully saturated rings. The lowest BCUT2D eigenvalue weighted by atomic mass is 9.91. The van der Waals surface area contributed by atoms with Gasteiger partial charge in [-0.1, -0.05) is 85.8 Å². The first-order chi connectivity index (χ1) is 12.6. The van der Waals surface area contributed by atoms with Crippen LogP contribution in [-0.4, -0.2) is 12.6 Å². The Morgan fingerprint density at radius 3 is 2.19 bits per heavy atom. The maximum atomic E-state index is 12.9. The summed E-state index contributed by atoms with van der Waals surface area (Å²) in [6, 6.07) is 16.1. The highest BCUT2D eigenvalue weighted by atomic mass is 16.7. The molecular weight excluding hydrogens is 324 g/mol. The molecule has 0 bridgehead atoms. The second-order valence-electron chi connectivity index (χ2n) is 7.21. The number of benzene rings is 2. The summed E-state index contributed by atoms with van der Waals surface area (Å²) in [6.45, 7) is 6.71. The molecule has 0 aromatic heterocycles. The van der Waals surface area contributed by atoms with Crippen molar-refractivity contribution in [2.45, 2.75) is 58.2 Å². The Morgan fingerprint density at radius 2 is 1.58 bits per heavy atom. The predicted molar refractivity (Wildman–Crippen MR) is 103 cm³/mol. The maximum Gasteiger partial charge on any atom is 0.346 e. The molecule has 1 aliphatic rings. The highest BCUT2D eigenvalue weighted by Gasteiger charge is 2.65. The molecule has 1 aliphatic heterocycles. The fraction of sp³-hybridized carbons (Fsp3) is 0.435. The molecule has 3 rings (SSSR count). The fourth-order valence-corrected chi connectivity index (χ4v) is 3.29. The van der Waals surface area contributed by atoms with E-state index in [0.29, 0.717) is 6.61 Å². The van der Waals surface area contributed by atoms with Crippen molar-refractivity contribution < 1.29 is 14.3 Å². The predicted octanol–water partition coefficient (Wildman–Crippen LogP) is 5.39. The Balaban J connectivity index is 1.78. The van der Waals surface area contributed by atoms with Crippen LogP contribution in [-0.2, 0) is 19.9 Å². The number of unbranched alkanes of at least 4 members (excludes halogenated alkanes) is 3. The van der Waals surface area contributed by atoms with Crippen LogP contribution in [0.1, 0.15) is 61.0 Å². The van der Waals surface area contributed by atoms with Crippen molar-refractivity contribution in [2.24, 2.45) is 0 Å². The average Bonchev–Trinajstić information content (AvgIpc) is 3.39. The van der Waals surface area contributed by atoms with Gasteiger partial charge < -0.3 is 9.47 Å². The number of esters is 1. The lowest BCUT2D eigenvalue weighted by Crippen LogP contribution is -2.26. The van der Waals surface area contributed by atoms with Crippen LogP contribution in [0.15, 0.2) is 48.5 Å². The molecule has 2 unspecified atom stereocenters. The van der Waals surface area contributed by atoms with Gasteiger partial charge in [0.05, 0.1) is 6.61 Å². The normalized spacial score (nSPS) is 21.4. The zero-order valence-corrected chi connectivity index (χ0v) is 16.0. The fourth-order valence-electron chi connectivity index (χ4n) is 3.29. The smallest absolute Gasteiger partial charge is 0.346 e. The van der Waals surface area contributed by atoms with Crippen molar-refractivity contribution in [3.63, 3.8) is 0 Å². The van der Waals surface area contributed by atoms with E-state index in [9.17, 15) is 4.79 Å². The van der Waals surface area contributed by atoms with Gasteiger partial charge in [0, 0.05) is 0 Å². The Bertz CT molecular complexity index is 733. The van der Waals surface area contributed by atoms with Gasteiger partial charge in [-0.3, -0.25) is 0 Å². The highest BCUT2D eigenvalue weighted by molar-refractivity contribution is 5.85. The number of rotatable bonds is 8. The number of hydrogen-bond acceptors (Lipinski definition) is 3. The number of epoxide rings is 1. The summed E-state index contributed by atoms with van der Waals surface area (Å²) in [6.07, 6.45) is 4.04. The minimum Gasteiger partial charge on any atom is -0.463 e. The molecule has 0 amide bonds. The first-order valence-electron chi connectivity index (χ1n) is 9.56. The number of carbonyl (C=O) groups is 1. The van der Waals surface area contributed by atoms with E-state index in [4.69, 9.17) is 9.47 Å². The number of aryl methyl sites for hydroxylation is 2. The zero-order chi connectivity index (χ0) is 18.6. The SMILES string of the molecule is CCCCCCOC(=O)C1(c2ccc(C)cc2)OC1c1ccc(C)cc1. The van der Waals surface area contributed by atoms with E-state index in [1.54, 1.807) is 0 Å². The molecule has 1 heterocycles. The lowest BCUT2D eigenvalue weighted by Gasteiger charge is -2.14. The van der Waals surface area contributed by atoms with Gasteiger partial charge in [-0.05, 0) is 31.4 Å². The first kappa shape index (κ1) is 18.7. The van der Waals surface area contributed by atoms with E-state index in [0.717, 1.165) is 29.5 Å². The van der Waals surface area contributed by atoms with Crippen LogP contribution in [0.4, 0.5) is 0 Å². The minimum atomic E-state index is -1.01. The lowest BCUT2D eigenvalue weighted by molar-refractivity contribution is -0.150. The third-order valence-electron chi connectivity index (χ3n) is 5.01. The molecular formula is C23H28O3. The monoisotopic (exact) mass is 352 g/mol. The third-order valence-corrected chi connectivity index (χ3v) is 5.01. The zero-order valence-electron chi connectivity index (χ0n) is 16.0. The minimum absolute atomic E-state index is 0.275. The van der Waals surface area contributed by atoms with Crippen molar-refractivity contribution in [3.05, 3.63) is 70.8 Å². The summed E-state index contributed by atoms with van der Waals surface area (Å²) in [5, 5.41) is 0. The van der Waals surface area contributed by atoms with Crippen LogP contribution in [0.2, 0.25) is 0 Å². The summed E-state index contributed by atoms with van der Waals surface area (Å²) in [7, 11) is 0. The van der Waals surface area contributed by atoms with Crippen molar-refractivity contribution in [1.82, 2.24) is 0 Å². The number of hydrogen-bond donors (Lipinski definition) is 0. The van der Waals surface area contributed by atoms with E-state index >= 15 is 0 Å². The highest BCUT2D eigenvalue weighted by Crippen LogP contribution is 2.57. The molecule has 0 saturated carbocycles. The molecule has 3 heteroatoms. The summed E-state index contributed by atoms with van der Waals surface area (Å²) >= 11 is 0. The second-order valence-corrected chi connectivity index (χ2v) is 7.21. The first-order valence-corrected chi connectivity index (χ1v) is 9.56. The van der Waals surface area contributed by atoms with Crippen molar-refractivity contribution in [2.75, 3.05) is 6.61 Å². The molecule has 138 valence electrons. The molecule has 2 atom stereocenters. The van der Waals surface area contributed by atoms with E-state index < -0.39 is 5.60 Å². The Hall–Kier alpha value is -2.13. The van der Waals surface area contributed by atoms with Gasteiger partial charge >= 0.3 is 5.97 Å². The number of ether oxygens (including phenoxy) is 2. The van der Waals surface area contributed by atoms with Crippen LogP contribution in [0.25, 0.3) is 0 Å². The summed E-state index contributed by atoms with van der Waals surface area (Å²) in [5.41, 5.74) is 3.22. The molecule has 0 aliphatic carbocycles. The van der Waals surface area contributed by atoms with E-state index in [1.165, 1.54) is 18.4 Å². The largest absolute Gasteiger partial charge is 0.463 e. The average molecular weight is 352 g/mol. The van der Waals surface area contributed by atoms with Crippen LogP contribution in [0, 0.1) is 13.8 Å². The van der Waals surface area contributed by atoms with Gasteiger partial charge in [-0.15, -0.1) is 0 Å². The van der Waals surface area contributed by atoms with Gasteiger partial charge in [0.2, 0.25) is 5.60 Å². The third kappa shape index (κ3) is 3.83. The van der Waals surface area contributed by atoms with Gasteiger partial charge in [0.25, 0.3) is 0 Å². The van der Waals surface area contributed by atoms with Crippen molar-refractivity contribution >= 4 is 5.97 Å². The van der Waals surface area contributed by atoms with Crippen molar-refractivity contribution in [1.29, 1.82) is 0 Å². The number of carbonyl (C=O) groups excluding carboxylic acids is 1. The molecule has 26 heavy (non-hydrogen) atoms. The van der Waals surface area contributed by atoms with Crippen LogP contribution >= 0.6 is 0 Å². The molecule has 0 radical (unpaired) electrons. The van der Waals surface area contributed by atoms with E-state index in [1.807, 2.05) is 55.5 Å². The molecule has 0 spiro atoms. The second kappa shape index (κ2) is 8.05. The molecule has 2 aromatic carbocycles. The Kier molecular flexibility index (Phi) is 5.77. The summed E-state index contributed by atoms with van der Waals surface area (Å²) in [4.78, 5) is 12.9. The molecule has 1 saturated heterocycles. The van der Waals surface area contributed by atoms with Gasteiger partial charge in [-0.2, -0.15) is 0 Å². The van der Waals surface area contributed by atoms with E-state index in [-0.39, 0.29) is 12.1 Å². The topological polar surface area (TPSA) is 38.8 Å². The maximum absolute atomic E-state index is 12.9. The van der Waals surface area contributed by atoms with E-state index in [2.05, 4.69) is 13.8 Å². The van der Waals surface area contributed by atoms with Crippen LogP contribution in [0.3, 0.4) is 0 Å². The summed E-state index contributed by atoms with van der Waals surface area (Å²) < 4.78 is 11.6. The van der Waals surface area contributed by atoms with Crippen LogP contribution < -0.4 is 0 Å². The molecule has 2 aromatic rings. The quantitative estimate of drug-likeness (QED) is 0.363. The standard InChI is InChI=1S/C23H28O3/c1-4-5-6-7-16-25-22(24)23(20-14-10-18(3)11-15-20)21(26-23)19-12-8-17(2)9-13-19/h8-15,21H,4-7,16H2,1-3H3. The van der Waals surface area contributed by atoms with Gasteiger partial charge in [0.15, 0.2) is 0 Å².